The van der Waals surface area contributed by atoms with Crippen LogP contribution in [0.5, 0.6) is 0 Å². The van der Waals surface area contributed by atoms with Crippen LogP contribution >= 0.6 is 0 Å². The molecule has 0 saturated carbocycles. The molecule has 1 atom stereocenters. The summed E-state index contributed by atoms with van der Waals surface area (Å²) in [4.78, 5) is 23.9. The number of fused-ring (bicyclic) bond motifs is 1. The molecule has 0 bridgehead atoms. The summed E-state index contributed by atoms with van der Waals surface area (Å²) in [5.41, 5.74) is 8.89. The molecule has 11 heteroatoms. The van der Waals surface area contributed by atoms with Crippen molar-refractivity contribution in [1.82, 2.24) is 29.9 Å². The van der Waals surface area contributed by atoms with Gasteiger partial charge in [-0.25, -0.2) is 9.67 Å². The zero-order chi connectivity index (χ0) is 21.2. The number of nitrogens with zero attached hydrogens (tertiary/aromatic N) is 6. The smallest absolute Gasteiger partial charge is 0.222 e. The van der Waals surface area contributed by atoms with E-state index in [2.05, 4.69) is 25.3 Å². The highest BCUT2D eigenvalue weighted by Gasteiger charge is 2.19. The molecule has 0 radical (unpaired) electrons. The lowest BCUT2D eigenvalue weighted by molar-refractivity contribution is 0.0316. The van der Waals surface area contributed by atoms with Crippen molar-refractivity contribution < 1.29 is 18.7 Å². The second-order valence-corrected chi connectivity index (χ2v) is 7.12. The fourth-order valence-corrected chi connectivity index (χ4v) is 3.34. The van der Waals surface area contributed by atoms with Gasteiger partial charge in [0.05, 0.1) is 31.6 Å². The molecule has 0 aromatic carbocycles. The minimum Gasteiger partial charge on any atom is -0.452 e. The summed E-state index contributed by atoms with van der Waals surface area (Å²) >= 11 is 0. The minimum absolute atomic E-state index is 0.0476. The third-order valence-corrected chi connectivity index (χ3v) is 4.93. The van der Waals surface area contributed by atoms with Crippen LogP contribution in [0.4, 0.5) is 5.95 Å². The first kappa shape index (κ1) is 19.3. The number of ether oxygens (including phenoxy) is 2. The molecule has 1 unspecified atom stereocenters. The lowest BCUT2D eigenvalue weighted by Crippen LogP contribution is -2.12. The summed E-state index contributed by atoms with van der Waals surface area (Å²) in [6, 6.07) is 7.05. The Labute approximate surface area is 176 Å². The van der Waals surface area contributed by atoms with E-state index >= 15 is 0 Å². The Balaban J connectivity index is 1.36. The number of furan rings is 1. The predicted molar refractivity (Wildman–Crippen MR) is 108 cm³/mol. The highest BCUT2D eigenvalue weighted by molar-refractivity contribution is 5.86. The molecule has 31 heavy (non-hydrogen) atoms. The number of anilines is 1. The van der Waals surface area contributed by atoms with Gasteiger partial charge in [-0.1, -0.05) is 11.3 Å². The van der Waals surface area contributed by atoms with Crippen molar-refractivity contribution in [1.29, 1.82) is 0 Å². The zero-order valence-electron chi connectivity index (χ0n) is 16.5. The molecule has 5 heterocycles. The molecular formula is C20H19N7O4. The topological polar surface area (TPSA) is 144 Å². The van der Waals surface area contributed by atoms with Gasteiger partial charge in [0.1, 0.15) is 5.69 Å². The van der Waals surface area contributed by atoms with Gasteiger partial charge >= 0.3 is 0 Å². The number of rotatable bonds is 7. The van der Waals surface area contributed by atoms with Gasteiger partial charge in [-0.15, -0.1) is 5.10 Å². The number of nitrogen functional groups attached to an aromatic ring is 1. The Kier molecular flexibility index (Phi) is 5.10. The van der Waals surface area contributed by atoms with Gasteiger partial charge in [-0.05, 0) is 30.2 Å². The average molecular weight is 421 g/mol. The summed E-state index contributed by atoms with van der Waals surface area (Å²) in [7, 11) is 0. The second-order valence-electron chi connectivity index (χ2n) is 7.12. The lowest BCUT2D eigenvalue weighted by Gasteiger charge is -2.10. The number of nitrogens with two attached hydrogens (primary N) is 1. The highest BCUT2D eigenvalue weighted by Crippen LogP contribution is 2.26. The van der Waals surface area contributed by atoms with Gasteiger partial charge in [0.2, 0.25) is 5.95 Å². The van der Waals surface area contributed by atoms with E-state index in [1.807, 2.05) is 12.1 Å². The Morgan fingerprint density at radius 2 is 2.19 bits per heavy atom. The van der Waals surface area contributed by atoms with Crippen molar-refractivity contribution in [3.05, 3.63) is 47.5 Å². The van der Waals surface area contributed by atoms with Crippen molar-refractivity contribution in [2.24, 2.45) is 0 Å². The maximum atomic E-state index is 10.9. The molecular weight excluding hydrogens is 402 g/mol. The first-order valence-corrected chi connectivity index (χ1v) is 9.75. The number of aldehydes is 1. The number of carbonyl (C=O) groups is 1. The molecule has 0 aliphatic carbocycles. The quantitative estimate of drug-likeness (QED) is 0.437. The third kappa shape index (κ3) is 4.00. The molecule has 4 aromatic rings. The molecule has 5 rings (SSSR count). The molecule has 1 aliphatic rings. The Morgan fingerprint density at radius 1 is 1.26 bits per heavy atom. The molecule has 1 aliphatic heterocycles. The summed E-state index contributed by atoms with van der Waals surface area (Å²) in [6.07, 6.45) is 3.47. The number of pyridine rings is 1. The van der Waals surface area contributed by atoms with E-state index in [1.54, 1.807) is 23.0 Å². The van der Waals surface area contributed by atoms with Crippen LogP contribution in [0.15, 0.2) is 34.9 Å². The van der Waals surface area contributed by atoms with Crippen LogP contribution in [0.2, 0.25) is 0 Å². The van der Waals surface area contributed by atoms with Crippen molar-refractivity contribution >= 4 is 23.4 Å². The Bertz CT molecular complexity index is 1210. The zero-order valence-corrected chi connectivity index (χ0v) is 16.5. The number of carbonyl (C=O) groups excluding carboxylic acids is 1. The van der Waals surface area contributed by atoms with E-state index in [4.69, 9.17) is 19.6 Å². The first-order valence-electron chi connectivity index (χ1n) is 9.75. The number of hydrogen-bond acceptors (Lipinski definition) is 10. The summed E-state index contributed by atoms with van der Waals surface area (Å²) in [5, 5.41) is 8.36. The number of hydrogen-bond donors (Lipinski definition) is 1. The highest BCUT2D eigenvalue weighted by atomic mass is 16.5. The van der Waals surface area contributed by atoms with E-state index in [0.29, 0.717) is 48.7 Å². The van der Waals surface area contributed by atoms with E-state index in [0.717, 1.165) is 24.3 Å². The van der Waals surface area contributed by atoms with E-state index < -0.39 is 0 Å². The van der Waals surface area contributed by atoms with E-state index in [9.17, 15) is 4.79 Å². The van der Waals surface area contributed by atoms with Crippen molar-refractivity contribution in [2.45, 2.75) is 25.7 Å². The Morgan fingerprint density at radius 3 is 2.94 bits per heavy atom. The maximum absolute atomic E-state index is 10.9. The standard InChI is InChI=1S/C20H19N7O4/c21-20-23-17(16-4-3-14(9-28)31-16)18-19(24-20)27(26-25-18)8-13-2-1-12(7-22-13)10-30-15-5-6-29-11-15/h1-4,7,9,15H,5-6,8,10-11H2,(H2,21,23,24). The van der Waals surface area contributed by atoms with Crippen LogP contribution in [0.25, 0.3) is 22.6 Å². The summed E-state index contributed by atoms with van der Waals surface area (Å²) in [6.45, 7) is 2.24. The monoisotopic (exact) mass is 421 g/mol. The van der Waals surface area contributed by atoms with Gasteiger partial charge < -0.3 is 19.6 Å². The van der Waals surface area contributed by atoms with Crippen LogP contribution < -0.4 is 5.73 Å². The van der Waals surface area contributed by atoms with Crippen LogP contribution in [0, 0.1) is 0 Å². The fraction of sp³-hybridized carbons (Fsp3) is 0.300. The molecule has 11 nitrogen and oxygen atoms in total. The van der Waals surface area contributed by atoms with E-state index in [-0.39, 0.29) is 17.8 Å². The second kappa shape index (κ2) is 8.20. The van der Waals surface area contributed by atoms with Gasteiger partial charge in [-0.3, -0.25) is 9.78 Å². The van der Waals surface area contributed by atoms with Crippen molar-refractivity contribution in [3.8, 4) is 11.5 Å². The average Bonchev–Trinajstić information content (AvgIpc) is 3.54. The molecule has 0 spiro atoms. The van der Waals surface area contributed by atoms with Crippen LogP contribution in [-0.4, -0.2) is 55.5 Å². The van der Waals surface area contributed by atoms with Gasteiger partial charge in [0, 0.05) is 12.8 Å². The predicted octanol–water partition coefficient (Wildman–Crippen LogP) is 1.62. The van der Waals surface area contributed by atoms with Gasteiger partial charge in [0.15, 0.2) is 29.0 Å². The van der Waals surface area contributed by atoms with E-state index in [1.165, 1.54) is 0 Å². The molecule has 4 aromatic heterocycles. The normalized spacial score (nSPS) is 16.2. The van der Waals surface area contributed by atoms with Gasteiger partial charge in [-0.2, -0.15) is 4.98 Å². The van der Waals surface area contributed by atoms with Crippen LogP contribution in [0.3, 0.4) is 0 Å². The lowest BCUT2D eigenvalue weighted by atomic mass is 10.2. The molecule has 1 saturated heterocycles. The first-order chi connectivity index (χ1) is 15.2. The third-order valence-electron chi connectivity index (χ3n) is 4.93. The maximum Gasteiger partial charge on any atom is 0.222 e. The number of aromatic nitrogens is 6. The minimum atomic E-state index is 0.0476. The molecule has 1 fully saturated rings. The molecule has 158 valence electrons. The molecule has 0 amide bonds. The molecule has 2 N–H and O–H groups in total. The fourth-order valence-electron chi connectivity index (χ4n) is 3.34. The van der Waals surface area contributed by atoms with Crippen LogP contribution in [-0.2, 0) is 22.6 Å². The van der Waals surface area contributed by atoms with Crippen LogP contribution in [0.1, 0.15) is 28.2 Å². The van der Waals surface area contributed by atoms with Crippen molar-refractivity contribution in [2.75, 3.05) is 18.9 Å². The van der Waals surface area contributed by atoms with Gasteiger partial charge in [0.25, 0.3) is 0 Å². The summed E-state index contributed by atoms with van der Waals surface area (Å²) in [5.74, 6) is 0.594. The largest absolute Gasteiger partial charge is 0.452 e. The van der Waals surface area contributed by atoms with Crippen molar-refractivity contribution in [3.63, 3.8) is 0 Å². The Hall–Kier alpha value is -3.70. The summed E-state index contributed by atoms with van der Waals surface area (Å²) < 4.78 is 18.2. The SMILES string of the molecule is Nc1nc(-c2ccc(C=O)o2)c2nnn(Cc3ccc(COC4CCOC4)cn3)c2n1.